The Hall–Kier alpha value is -3.48. The summed E-state index contributed by atoms with van der Waals surface area (Å²) in [5, 5.41) is 38.6. The summed E-state index contributed by atoms with van der Waals surface area (Å²) in [7, 11) is 0. The molecule has 0 radical (unpaired) electrons. The monoisotopic (exact) mass is 276 g/mol. The Morgan fingerprint density at radius 1 is 1.60 bits per heavy atom. The van der Waals surface area contributed by atoms with Gasteiger partial charge < -0.3 is 10.8 Å². The molecule has 0 aliphatic rings. The minimum Gasteiger partial charge on any atom is -0.477 e. The zero-order valence-electron chi connectivity index (χ0n) is 9.82. The van der Waals surface area contributed by atoms with Gasteiger partial charge in [-0.3, -0.25) is 20.9 Å². The summed E-state index contributed by atoms with van der Waals surface area (Å²) in [4.78, 5) is 20.7. The van der Waals surface area contributed by atoms with Crippen LogP contribution in [-0.2, 0) is 0 Å². The van der Waals surface area contributed by atoms with Crippen LogP contribution < -0.4 is 11.2 Å². The topological polar surface area (TPSA) is 178 Å². The van der Waals surface area contributed by atoms with Gasteiger partial charge in [-0.25, -0.2) is 4.79 Å². The third-order valence-corrected chi connectivity index (χ3v) is 2.08. The molecule has 1 aromatic rings. The summed E-state index contributed by atoms with van der Waals surface area (Å²) in [6, 6.07) is 4.75. The van der Waals surface area contributed by atoms with Gasteiger partial charge in [-0.05, 0) is 12.1 Å². The maximum Gasteiger partial charge on any atom is 0.342 e. The van der Waals surface area contributed by atoms with Crippen LogP contribution in [0, 0.1) is 26.9 Å². The van der Waals surface area contributed by atoms with Crippen LogP contribution in [0.1, 0.15) is 10.4 Å². The fraction of sp³-hybridized carbons (Fsp3) is 0. The van der Waals surface area contributed by atoms with E-state index < -0.39 is 33.7 Å². The third kappa shape index (κ3) is 3.26. The molecule has 0 spiro atoms. The molecule has 10 nitrogen and oxygen atoms in total. The number of nitrogens with zero attached hydrogens (tertiary/aromatic N) is 3. The lowest BCUT2D eigenvalue weighted by molar-refractivity contribution is -0.385. The molecule has 102 valence electrons. The van der Waals surface area contributed by atoms with E-state index >= 15 is 0 Å². The Morgan fingerprint density at radius 3 is 2.70 bits per heavy atom. The molecule has 5 N–H and O–H groups in total. The lowest BCUT2D eigenvalue weighted by atomic mass is 10.1. The van der Waals surface area contributed by atoms with Gasteiger partial charge in [0.2, 0.25) is 5.71 Å². The maximum atomic E-state index is 10.8. The Morgan fingerprint density at radius 2 is 2.25 bits per heavy atom. The van der Waals surface area contributed by atoms with Gasteiger partial charge in [0.25, 0.3) is 5.69 Å². The number of nitro benzene ring substituents is 1. The van der Waals surface area contributed by atoms with Gasteiger partial charge in [0, 0.05) is 6.07 Å². The first kappa shape index (κ1) is 14.6. The van der Waals surface area contributed by atoms with Gasteiger partial charge in [-0.1, -0.05) is 0 Å². The van der Waals surface area contributed by atoms with Crippen molar-refractivity contribution in [2.24, 2.45) is 10.8 Å². The van der Waals surface area contributed by atoms with Gasteiger partial charge >= 0.3 is 5.97 Å². The van der Waals surface area contributed by atoms with E-state index in [4.69, 9.17) is 21.5 Å². The van der Waals surface area contributed by atoms with Crippen LogP contribution in [0.4, 0.5) is 11.4 Å². The fourth-order valence-electron chi connectivity index (χ4n) is 1.20. The highest BCUT2D eigenvalue weighted by atomic mass is 16.6. The molecule has 0 amide bonds. The van der Waals surface area contributed by atoms with E-state index in [0.29, 0.717) is 0 Å². The van der Waals surface area contributed by atoms with Gasteiger partial charge in [0.05, 0.1) is 10.6 Å². The van der Waals surface area contributed by atoms with Gasteiger partial charge in [0.15, 0.2) is 5.84 Å². The van der Waals surface area contributed by atoms with Crippen LogP contribution in [0.15, 0.2) is 23.3 Å². The predicted molar refractivity (Wildman–Crippen MR) is 68.6 cm³/mol. The number of amidine groups is 1. The van der Waals surface area contributed by atoms with Crippen molar-refractivity contribution in [3.8, 4) is 6.07 Å². The molecule has 0 fully saturated rings. The highest BCUT2D eigenvalue weighted by Crippen LogP contribution is 2.23. The third-order valence-electron chi connectivity index (χ3n) is 2.08. The molecule has 0 aliphatic heterocycles. The standard InChI is InChI=1S/C10H8N6O4/c11-4-7(9(12)13)15-14-5-1-2-6(10(17)18)8(3-5)16(19)20/h1-3,14H,(H3,12,13)(H,17,18)/b15-7+. The predicted octanol–water partition coefficient (Wildman–Crippen LogP) is 0.520. The van der Waals surface area contributed by atoms with E-state index in [2.05, 4.69) is 10.5 Å². The van der Waals surface area contributed by atoms with E-state index in [1.54, 1.807) is 6.07 Å². The molecule has 0 saturated carbocycles. The summed E-state index contributed by atoms with van der Waals surface area (Å²) in [6.45, 7) is 0. The van der Waals surface area contributed by atoms with Crippen LogP contribution in [0.2, 0.25) is 0 Å². The maximum absolute atomic E-state index is 10.8. The number of carbonyl (C=O) groups is 1. The van der Waals surface area contributed by atoms with Gasteiger partial charge in [-0.2, -0.15) is 10.4 Å². The molecular weight excluding hydrogens is 268 g/mol. The molecule has 0 unspecified atom stereocenters. The second-order valence-corrected chi connectivity index (χ2v) is 3.39. The summed E-state index contributed by atoms with van der Waals surface area (Å²) < 4.78 is 0. The molecule has 1 rings (SSSR count). The molecule has 0 saturated heterocycles. The molecule has 0 bridgehead atoms. The highest BCUT2D eigenvalue weighted by Gasteiger charge is 2.20. The van der Waals surface area contributed by atoms with Crippen LogP contribution in [0.25, 0.3) is 0 Å². The largest absolute Gasteiger partial charge is 0.477 e. The Balaban J connectivity index is 3.14. The Labute approximate surface area is 111 Å². The summed E-state index contributed by atoms with van der Waals surface area (Å²) >= 11 is 0. The quantitative estimate of drug-likeness (QED) is 0.262. The molecule has 20 heavy (non-hydrogen) atoms. The Kier molecular flexibility index (Phi) is 4.31. The number of carboxylic acids is 1. The molecule has 0 heterocycles. The number of carboxylic acid groups (broad SMARTS) is 1. The number of benzene rings is 1. The number of hydrogen-bond donors (Lipinski definition) is 4. The van der Waals surface area contributed by atoms with Crippen LogP contribution in [0.3, 0.4) is 0 Å². The smallest absolute Gasteiger partial charge is 0.342 e. The molecular formula is C10H8N6O4. The molecule has 0 aromatic heterocycles. The van der Waals surface area contributed by atoms with Crippen molar-refractivity contribution in [1.29, 1.82) is 10.7 Å². The van der Waals surface area contributed by atoms with Crippen LogP contribution >= 0.6 is 0 Å². The normalized spacial score (nSPS) is 10.4. The number of anilines is 1. The number of nitriles is 1. The number of aromatic carboxylic acids is 1. The summed E-state index contributed by atoms with van der Waals surface area (Å²) in [6.07, 6.45) is 0. The van der Waals surface area contributed by atoms with E-state index in [9.17, 15) is 14.9 Å². The number of nitro groups is 1. The number of nitrogens with two attached hydrogens (primary N) is 1. The van der Waals surface area contributed by atoms with Crippen LogP contribution in [0.5, 0.6) is 0 Å². The zero-order valence-corrected chi connectivity index (χ0v) is 9.82. The first-order valence-corrected chi connectivity index (χ1v) is 4.96. The second-order valence-electron chi connectivity index (χ2n) is 3.39. The SMILES string of the molecule is N#C/C(=N\Nc1ccc(C(=O)O)c([N+](=O)[O-])c1)C(=N)N. The zero-order chi connectivity index (χ0) is 15.3. The van der Waals surface area contributed by atoms with Crippen molar-refractivity contribution in [1.82, 2.24) is 0 Å². The fourth-order valence-corrected chi connectivity index (χ4v) is 1.20. The average molecular weight is 276 g/mol. The van der Waals surface area contributed by atoms with E-state index in [-0.39, 0.29) is 5.69 Å². The van der Waals surface area contributed by atoms with E-state index in [1.807, 2.05) is 0 Å². The number of rotatable bonds is 5. The number of hydrogen-bond acceptors (Lipinski definition) is 7. The van der Waals surface area contributed by atoms with Crippen molar-refractivity contribution in [3.63, 3.8) is 0 Å². The van der Waals surface area contributed by atoms with Crippen molar-refractivity contribution in [2.75, 3.05) is 5.43 Å². The van der Waals surface area contributed by atoms with Gasteiger partial charge in [-0.15, -0.1) is 0 Å². The lowest BCUT2D eigenvalue weighted by Gasteiger charge is -2.03. The summed E-state index contributed by atoms with van der Waals surface area (Å²) in [5.41, 5.74) is 5.91. The first-order chi connectivity index (χ1) is 9.36. The second kappa shape index (κ2) is 5.91. The molecule has 10 heteroatoms. The van der Waals surface area contributed by atoms with Crippen molar-refractivity contribution < 1.29 is 14.8 Å². The lowest BCUT2D eigenvalue weighted by Crippen LogP contribution is -2.21. The minimum absolute atomic E-state index is 0.0794. The molecule has 1 aromatic carbocycles. The van der Waals surface area contributed by atoms with E-state index in [0.717, 1.165) is 12.1 Å². The van der Waals surface area contributed by atoms with Crippen molar-refractivity contribution in [3.05, 3.63) is 33.9 Å². The number of nitrogens with one attached hydrogen (secondary N) is 2. The highest BCUT2D eigenvalue weighted by molar-refractivity contribution is 6.45. The molecule has 0 aliphatic carbocycles. The Bertz CT molecular complexity index is 660. The number of hydrazone groups is 1. The van der Waals surface area contributed by atoms with Crippen molar-refractivity contribution in [2.45, 2.75) is 0 Å². The summed E-state index contributed by atoms with van der Waals surface area (Å²) in [5.74, 6) is -2.01. The average Bonchev–Trinajstić information content (AvgIpc) is 2.38. The van der Waals surface area contributed by atoms with E-state index in [1.165, 1.54) is 6.07 Å². The minimum atomic E-state index is -1.44. The molecule has 0 atom stereocenters. The van der Waals surface area contributed by atoms with Crippen molar-refractivity contribution >= 4 is 28.9 Å². The first-order valence-electron chi connectivity index (χ1n) is 4.96. The van der Waals surface area contributed by atoms with Crippen LogP contribution in [-0.4, -0.2) is 27.5 Å². The van der Waals surface area contributed by atoms with Gasteiger partial charge in [0.1, 0.15) is 11.6 Å².